The first-order valence-corrected chi connectivity index (χ1v) is 6.32. The largest absolute Gasteiger partial charge is 2.00 e. The smallest absolute Gasteiger partial charge is 0.872 e. The summed E-state index contributed by atoms with van der Waals surface area (Å²) in [6.45, 7) is 0. The van der Waals surface area contributed by atoms with Gasteiger partial charge in [0, 0.05) is 23.3 Å². The Bertz CT molecular complexity index is 910. The third kappa shape index (κ3) is 2.73. The van der Waals surface area contributed by atoms with Crippen LogP contribution in [0.5, 0.6) is 11.5 Å². The number of nitro benzene ring substituents is 2. The van der Waals surface area contributed by atoms with Crippen molar-refractivity contribution in [2.24, 2.45) is 0 Å². The van der Waals surface area contributed by atoms with E-state index in [4.69, 9.17) is 0 Å². The molecule has 0 unspecified atom stereocenters. The Morgan fingerprint density at radius 2 is 0.960 bits per heavy atom. The summed E-state index contributed by atoms with van der Waals surface area (Å²) in [5.74, 6) is -4.47. The van der Waals surface area contributed by atoms with Crippen LogP contribution in [0.15, 0.2) is 24.3 Å². The van der Waals surface area contributed by atoms with Gasteiger partial charge in [-0.1, -0.05) is 23.6 Å². The van der Waals surface area contributed by atoms with Crippen molar-refractivity contribution in [3.8, 4) is 11.5 Å². The number of nitrogens with zero attached hydrogens (tertiary/aromatic N) is 2. The van der Waals surface area contributed by atoms with E-state index in [1.54, 1.807) is 0 Å². The zero-order valence-electron chi connectivity index (χ0n) is 12.2. The Hall–Kier alpha value is -2.25. The molecule has 0 N–H and O–H groups in total. The van der Waals surface area contributed by atoms with E-state index in [2.05, 4.69) is 0 Å². The number of benzene rings is 2. The van der Waals surface area contributed by atoms with Crippen molar-refractivity contribution >= 4 is 71.8 Å². The Labute approximate surface area is 178 Å². The van der Waals surface area contributed by atoms with E-state index in [-0.39, 0.29) is 48.9 Å². The van der Waals surface area contributed by atoms with Gasteiger partial charge in [0.2, 0.25) is 5.78 Å². The minimum Gasteiger partial charge on any atom is -0.872 e. The SMILES string of the molecule is O=C1c2c([O-])ccc([N+](=O)[O-])c2C(=O)c2c([N+](=O)[O-])ccc([O-])c21.[Ba+2]. The number of carbonyl (C=O) groups is 2. The zero-order chi connectivity index (χ0) is 17.8. The van der Waals surface area contributed by atoms with Gasteiger partial charge in [0.25, 0.3) is 11.4 Å². The summed E-state index contributed by atoms with van der Waals surface area (Å²) in [7, 11) is 0. The second-order valence-corrected chi connectivity index (χ2v) is 4.84. The van der Waals surface area contributed by atoms with Crippen LogP contribution in [0.3, 0.4) is 0 Å². The summed E-state index contributed by atoms with van der Waals surface area (Å²) in [6.07, 6.45) is 0. The molecule has 1 aliphatic carbocycles. The van der Waals surface area contributed by atoms with Crippen molar-refractivity contribution in [1.82, 2.24) is 0 Å². The first-order valence-electron chi connectivity index (χ1n) is 6.32. The van der Waals surface area contributed by atoms with Crippen LogP contribution in [0.4, 0.5) is 11.4 Å². The number of ketones is 2. The van der Waals surface area contributed by atoms with Crippen LogP contribution >= 0.6 is 0 Å². The minimum atomic E-state index is -1.27. The number of hydrogen-bond donors (Lipinski definition) is 0. The molecule has 0 heterocycles. The number of carbonyl (C=O) groups excluding carboxylic acids is 2. The Balaban J connectivity index is 0.00000225. The zero-order valence-corrected chi connectivity index (χ0v) is 16.6. The molecule has 3 rings (SSSR count). The first-order chi connectivity index (χ1) is 11.3. The molecule has 0 spiro atoms. The third-order valence-corrected chi connectivity index (χ3v) is 3.59. The molecule has 25 heavy (non-hydrogen) atoms. The summed E-state index contributed by atoms with van der Waals surface area (Å²) in [5, 5.41) is 46.0. The molecule has 0 amide bonds. The molecular formula is C14H4BaN2O8. The summed E-state index contributed by atoms with van der Waals surface area (Å²) in [5.41, 5.74) is -4.98. The van der Waals surface area contributed by atoms with Crippen LogP contribution in [0.2, 0.25) is 0 Å². The van der Waals surface area contributed by atoms with E-state index in [1.165, 1.54) is 0 Å². The molecule has 0 atom stereocenters. The second kappa shape index (κ2) is 6.57. The number of fused-ring (bicyclic) bond motifs is 2. The van der Waals surface area contributed by atoms with Crippen LogP contribution < -0.4 is 10.2 Å². The van der Waals surface area contributed by atoms with E-state index in [0.717, 1.165) is 24.3 Å². The number of rotatable bonds is 2. The molecule has 0 aliphatic heterocycles. The molecule has 0 saturated carbocycles. The average molecular weight is 466 g/mol. The maximum absolute atomic E-state index is 12.6. The molecule has 2 aromatic rings. The third-order valence-electron chi connectivity index (χ3n) is 3.59. The molecule has 0 radical (unpaired) electrons. The molecule has 10 nitrogen and oxygen atoms in total. The number of hydrogen-bond acceptors (Lipinski definition) is 8. The maximum atomic E-state index is 12.6. The summed E-state index contributed by atoms with van der Waals surface area (Å²) in [6, 6.07) is 2.94. The van der Waals surface area contributed by atoms with Crippen LogP contribution in [-0.2, 0) is 0 Å². The molecule has 11 heteroatoms. The molecule has 0 saturated heterocycles. The average Bonchev–Trinajstić information content (AvgIpc) is 2.51. The monoisotopic (exact) mass is 466 g/mol. The van der Waals surface area contributed by atoms with E-state index in [0.29, 0.717) is 0 Å². The van der Waals surface area contributed by atoms with Crippen LogP contribution in [0.1, 0.15) is 31.8 Å². The molecule has 0 bridgehead atoms. The van der Waals surface area contributed by atoms with Crippen molar-refractivity contribution in [1.29, 1.82) is 0 Å². The van der Waals surface area contributed by atoms with Crippen LogP contribution in [-0.4, -0.2) is 70.3 Å². The van der Waals surface area contributed by atoms with Gasteiger partial charge in [0.1, 0.15) is 11.1 Å². The van der Waals surface area contributed by atoms with E-state index >= 15 is 0 Å². The van der Waals surface area contributed by atoms with Gasteiger partial charge < -0.3 is 10.2 Å². The van der Waals surface area contributed by atoms with Crippen molar-refractivity contribution in [2.75, 3.05) is 0 Å². The van der Waals surface area contributed by atoms with Crippen molar-refractivity contribution in [2.45, 2.75) is 0 Å². The Kier molecular flexibility index (Phi) is 5.02. The fourth-order valence-electron chi connectivity index (χ4n) is 2.61. The minimum absolute atomic E-state index is 0. The van der Waals surface area contributed by atoms with Gasteiger partial charge in [-0.2, -0.15) is 0 Å². The maximum Gasteiger partial charge on any atom is 2.00 e. The Morgan fingerprint density at radius 1 is 0.640 bits per heavy atom. The summed E-state index contributed by atoms with van der Waals surface area (Å²) >= 11 is 0. The molecule has 0 aromatic heterocycles. The molecule has 1 aliphatic rings. The van der Waals surface area contributed by atoms with Gasteiger partial charge in [0.05, 0.1) is 9.85 Å². The standard InChI is InChI=1S/C14H6N2O8.Ba/c17-7-3-1-5(15(21)22)9-11(7)14(20)12-8(18)4-2-6(16(23)24)10(12)13(9)19;/h1-4,17-18H;/q;+2/p-2. The normalized spacial score (nSPS) is 12.0. The summed E-state index contributed by atoms with van der Waals surface area (Å²) < 4.78 is 0. The topological polar surface area (TPSA) is 167 Å². The van der Waals surface area contributed by atoms with Crippen LogP contribution in [0, 0.1) is 20.2 Å². The van der Waals surface area contributed by atoms with Gasteiger partial charge >= 0.3 is 48.9 Å². The fourth-order valence-corrected chi connectivity index (χ4v) is 2.61. The molecule has 0 fully saturated rings. The Morgan fingerprint density at radius 3 is 1.28 bits per heavy atom. The molecular weight excluding hydrogens is 461 g/mol. The first kappa shape index (κ1) is 19.1. The van der Waals surface area contributed by atoms with Gasteiger partial charge in [-0.15, -0.1) is 0 Å². The summed E-state index contributed by atoms with van der Waals surface area (Å²) in [4.78, 5) is 45.2. The fraction of sp³-hybridized carbons (Fsp3) is 0. The van der Waals surface area contributed by atoms with Gasteiger partial charge in [-0.3, -0.25) is 29.8 Å². The van der Waals surface area contributed by atoms with Gasteiger partial charge in [-0.05, 0) is 0 Å². The number of nitro groups is 2. The van der Waals surface area contributed by atoms with E-state index in [9.17, 15) is 40.0 Å². The van der Waals surface area contributed by atoms with Crippen molar-refractivity contribution < 1.29 is 29.6 Å². The van der Waals surface area contributed by atoms with Gasteiger partial charge in [0.15, 0.2) is 5.78 Å². The van der Waals surface area contributed by atoms with Gasteiger partial charge in [-0.25, -0.2) is 0 Å². The molecule has 120 valence electrons. The van der Waals surface area contributed by atoms with Crippen molar-refractivity contribution in [3.05, 3.63) is 66.7 Å². The van der Waals surface area contributed by atoms with Crippen molar-refractivity contribution in [3.63, 3.8) is 0 Å². The van der Waals surface area contributed by atoms with E-state index in [1.807, 2.05) is 0 Å². The predicted molar refractivity (Wildman–Crippen MR) is 77.7 cm³/mol. The predicted octanol–water partition coefficient (Wildman–Crippen LogP) is 0.0448. The van der Waals surface area contributed by atoms with Crippen LogP contribution in [0.25, 0.3) is 0 Å². The van der Waals surface area contributed by atoms with E-state index < -0.39 is 66.5 Å². The molecule has 2 aromatic carbocycles. The quantitative estimate of drug-likeness (QED) is 0.290. The second-order valence-electron chi connectivity index (χ2n) is 4.84.